The first-order valence-corrected chi connectivity index (χ1v) is 5.76. The molecule has 0 aliphatic carbocycles. The van der Waals surface area contributed by atoms with Crippen LogP contribution in [0.5, 0.6) is 0 Å². The highest BCUT2D eigenvalue weighted by atomic mass is 16.2. The fraction of sp³-hybridized carbons (Fsp3) is 0.214. The van der Waals surface area contributed by atoms with E-state index in [1.165, 1.54) is 6.92 Å². The van der Waals surface area contributed by atoms with Crippen LogP contribution in [-0.4, -0.2) is 16.7 Å². The molecule has 2 rings (SSSR count). The van der Waals surface area contributed by atoms with Crippen LogP contribution in [0.25, 0.3) is 10.9 Å². The van der Waals surface area contributed by atoms with Gasteiger partial charge in [-0.3, -0.25) is 14.6 Å². The van der Waals surface area contributed by atoms with Crippen LogP contribution in [0.3, 0.4) is 0 Å². The van der Waals surface area contributed by atoms with Gasteiger partial charge in [-0.25, -0.2) is 0 Å². The van der Waals surface area contributed by atoms with E-state index in [4.69, 9.17) is 0 Å². The number of benzene rings is 1. The minimum Gasteiger partial charge on any atom is -0.350 e. The molecule has 18 heavy (non-hydrogen) atoms. The maximum atomic E-state index is 11.3. The molecule has 1 N–H and O–H groups in total. The molecular weight excluding hydrogens is 228 g/mol. The molecule has 92 valence electrons. The van der Waals surface area contributed by atoms with Crippen LogP contribution in [0.1, 0.15) is 19.0 Å². The lowest BCUT2D eigenvalue weighted by Gasteiger charge is -2.04. The van der Waals surface area contributed by atoms with Crippen molar-refractivity contribution in [1.29, 1.82) is 0 Å². The van der Waals surface area contributed by atoms with Crippen molar-refractivity contribution >= 4 is 22.6 Å². The summed E-state index contributed by atoms with van der Waals surface area (Å²) in [6, 6.07) is 11.6. The van der Waals surface area contributed by atoms with E-state index < -0.39 is 0 Å². The zero-order chi connectivity index (χ0) is 13.0. The Morgan fingerprint density at radius 1 is 1.17 bits per heavy atom. The molecule has 0 radical (unpaired) electrons. The number of carbonyl (C=O) groups excluding carboxylic acids is 2. The van der Waals surface area contributed by atoms with Crippen LogP contribution >= 0.6 is 0 Å². The maximum absolute atomic E-state index is 11.3. The van der Waals surface area contributed by atoms with E-state index >= 15 is 0 Å². The van der Waals surface area contributed by atoms with Gasteiger partial charge in [0.15, 0.2) is 0 Å². The average molecular weight is 242 g/mol. The van der Waals surface area contributed by atoms with Gasteiger partial charge < -0.3 is 5.32 Å². The first-order valence-electron chi connectivity index (χ1n) is 5.76. The van der Waals surface area contributed by atoms with E-state index in [0.29, 0.717) is 6.54 Å². The minimum absolute atomic E-state index is 0.0758. The lowest BCUT2D eigenvalue weighted by atomic mass is 10.2. The van der Waals surface area contributed by atoms with Crippen LogP contribution in [0.2, 0.25) is 0 Å². The predicted molar refractivity (Wildman–Crippen MR) is 68.9 cm³/mol. The zero-order valence-electron chi connectivity index (χ0n) is 10.1. The summed E-state index contributed by atoms with van der Waals surface area (Å²) in [5.41, 5.74) is 1.68. The molecule has 0 fully saturated rings. The highest BCUT2D eigenvalue weighted by molar-refractivity contribution is 5.96. The average Bonchev–Trinajstić information content (AvgIpc) is 2.35. The van der Waals surface area contributed by atoms with E-state index in [1.807, 2.05) is 36.4 Å². The molecule has 1 aromatic heterocycles. The monoisotopic (exact) mass is 242 g/mol. The van der Waals surface area contributed by atoms with Gasteiger partial charge in [-0.05, 0) is 19.1 Å². The molecule has 0 saturated heterocycles. The largest absolute Gasteiger partial charge is 0.350 e. The molecule has 0 saturated carbocycles. The Labute approximate surface area is 105 Å². The summed E-state index contributed by atoms with van der Waals surface area (Å²) in [6.45, 7) is 1.74. The molecule has 1 amide bonds. The van der Waals surface area contributed by atoms with Crippen molar-refractivity contribution in [1.82, 2.24) is 10.3 Å². The van der Waals surface area contributed by atoms with Gasteiger partial charge in [-0.2, -0.15) is 0 Å². The Morgan fingerprint density at radius 3 is 2.72 bits per heavy atom. The Balaban J connectivity index is 2.04. The Hall–Kier alpha value is -2.23. The number of Topliss-reactive ketones (excluding diaryl/α,β-unsaturated/α-hetero) is 1. The summed E-state index contributed by atoms with van der Waals surface area (Å²) < 4.78 is 0. The van der Waals surface area contributed by atoms with Crippen molar-refractivity contribution in [3.8, 4) is 0 Å². The number of amides is 1. The Morgan fingerprint density at radius 2 is 1.94 bits per heavy atom. The van der Waals surface area contributed by atoms with Gasteiger partial charge in [-0.15, -0.1) is 0 Å². The van der Waals surface area contributed by atoms with Gasteiger partial charge >= 0.3 is 0 Å². The Kier molecular flexibility index (Phi) is 3.67. The zero-order valence-corrected chi connectivity index (χ0v) is 10.1. The number of pyridine rings is 1. The SMILES string of the molecule is CC(=O)CC(=O)NCc1ccc2ccccc2n1. The van der Waals surface area contributed by atoms with Crippen molar-refractivity contribution in [2.24, 2.45) is 0 Å². The topological polar surface area (TPSA) is 59.1 Å². The van der Waals surface area contributed by atoms with Gasteiger partial charge in [-0.1, -0.05) is 24.3 Å². The van der Waals surface area contributed by atoms with E-state index in [0.717, 1.165) is 16.6 Å². The number of carbonyl (C=O) groups is 2. The maximum Gasteiger partial charge on any atom is 0.227 e. The summed E-state index contributed by atoms with van der Waals surface area (Å²) >= 11 is 0. The molecule has 0 bridgehead atoms. The van der Waals surface area contributed by atoms with Crippen molar-refractivity contribution in [3.05, 3.63) is 42.1 Å². The fourth-order valence-corrected chi connectivity index (χ4v) is 1.68. The molecule has 0 atom stereocenters. The molecule has 0 unspecified atom stereocenters. The number of ketones is 1. The number of hydrogen-bond donors (Lipinski definition) is 1. The first-order chi connectivity index (χ1) is 8.65. The molecule has 0 spiro atoms. The highest BCUT2D eigenvalue weighted by Crippen LogP contribution is 2.11. The third-order valence-corrected chi connectivity index (χ3v) is 2.53. The number of aromatic nitrogens is 1. The molecule has 0 aliphatic heterocycles. The Bertz CT molecular complexity index is 593. The van der Waals surface area contributed by atoms with E-state index in [2.05, 4.69) is 10.3 Å². The van der Waals surface area contributed by atoms with Gasteiger partial charge in [0, 0.05) is 5.39 Å². The number of para-hydroxylation sites is 1. The van der Waals surface area contributed by atoms with Crippen LogP contribution in [-0.2, 0) is 16.1 Å². The summed E-state index contributed by atoms with van der Waals surface area (Å²) in [7, 11) is 0. The third kappa shape index (κ3) is 3.13. The third-order valence-electron chi connectivity index (χ3n) is 2.53. The summed E-state index contributed by atoms with van der Waals surface area (Å²) in [5, 5.41) is 3.74. The number of rotatable bonds is 4. The van der Waals surface area contributed by atoms with Crippen LogP contribution in [0.4, 0.5) is 0 Å². The quantitative estimate of drug-likeness (QED) is 0.832. The second-order valence-electron chi connectivity index (χ2n) is 4.15. The second-order valence-corrected chi connectivity index (χ2v) is 4.15. The second kappa shape index (κ2) is 5.40. The van der Waals surface area contributed by atoms with Crippen molar-refractivity contribution < 1.29 is 9.59 Å². The smallest absolute Gasteiger partial charge is 0.227 e. The number of nitrogens with one attached hydrogen (secondary N) is 1. The van der Waals surface area contributed by atoms with Crippen molar-refractivity contribution in [2.75, 3.05) is 0 Å². The van der Waals surface area contributed by atoms with Crippen LogP contribution in [0, 0.1) is 0 Å². The van der Waals surface area contributed by atoms with Crippen LogP contribution < -0.4 is 5.32 Å². The lowest BCUT2D eigenvalue weighted by molar-refractivity contribution is -0.127. The highest BCUT2D eigenvalue weighted by Gasteiger charge is 2.05. The number of nitrogens with zero attached hydrogens (tertiary/aromatic N) is 1. The molecule has 1 heterocycles. The molecule has 4 heteroatoms. The van der Waals surface area contributed by atoms with E-state index in [1.54, 1.807) is 0 Å². The van der Waals surface area contributed by atoms with Gasteiger partial charge in [0.2, 0.25) is 5.91 Å². The van der Waals surface area contributed by atoms with Crippen molar-refractivity contribution in [2.45, 2.75) is 19.9 Å². The van der Waals surface area contributed by atoms with Crippen LogP contribution in [0.15, 0.2) is 36.4 Å². The molecule has 1 aromatic carbocycles. The summed E-state index contributed by atoms with van der Waals surface area (Å²) in [4.78, 5) is 26.5. The summed E-state index contributed by atoms with van der Waals surface area (Å²) in [5.74, 6) is -0.406. The molecule has 0 aliphatic rings. The predicted octanol–water partition coefficient (Wildman–Crippen LogP) is 1.83. The standard InChI is InChI=1S/C14H14N2O2/c1-10(17)8-14(18)15-9-12-7-6-11-4-2-3-5-13(11)16-12/h2-7H,8-9H2,1H3,(H,15,18). The summed E-state index contributed by atoms with van der Waals surface area (Å²) in [6.07, 6.45) is -0.0758. The molecule has 4 nitrogen and oxygen atoms in total. The lowest BCUT2D eigenvalue weighted by Crippen LogP contribution is -2.24. The number of hydrogen-bond acceptors (Lipinski definition) is 3. The number of fused-ring (bicyclic) bond motifs is 1. The normalized spacial score (nSPS) is 10.3. The van der Waals surface area contributed by atoms with E-state index in [-0.39, 0.29) is 18.1 Å². The van der Waals surface area contributed by atoms with Gasteiger partial charge in [0.1, 0.15) is 5.78 Å². The van der Waals surface area contributed by atoms with Gasteiger partial charge in [0.05, 0.1) is 24.2 Å². The fourth-order valence-electron chi connectivity index (χ4n) is 1.68. The first kappa shape index (κ1) is 12.2. The molecular formula is C14H14N2O2. The van der Waals surface area contributed by atoms with Crippen molar-refractivity contribution in [3.63, 3.8) is 0 Å². The van der Waals surface area contributed by atoms with Gasteiger partial charge in [0.25, 0.3) is 0 Å². The van der Waals surface area contributed by atoms with E-state index in [9.17, 15) is 9.59 Å². The molecule has 2 aromatic rings. The minimum atomic E-state index is -0.266.